The summed E-state index contributed by atoms with van der Waals surface area (Å²) in [6.45, 7) is 3.70. The average Bonchev–Trinajstić information content (AvgIpc) is 2.79. The fourth-order valence-corrected chi connectivity index (χ4v) is 1.74. The van der Waals surface area contributed by atoms with Crippen molar-refractivity contribution in [2.24, 2.45) is 0 Å². The summed E-state index contributed by atoms with van der Waals surface area (Å²) in [7, 11) is 0. The van der Waals surface area contributed by atoms with Gasteiger partial charge in [-0.3, -0.25) is 0 Å². The second-order valence-electron chi connectivity index (χ2n) is 3.83. The van der Waals surface area contributed by atoms with Crippen LogP contribution in [0.1, 0.15) is 18.4 Å². The van der Waals surface area contributed by atoms with Crippen LogP contribution in [0.3, 0.4) is 0 Å². The molecule has 2 heterocycles. The fraction of sp³-hybridized carbons (Fsp3) is 0.500. The van der Waals surface area contributed by atoms with Crippen LogP contribution >= 0.6 is 0 Å². The van der Waals surface area contributed by atoms with Crippen LogP contribution in [0.15, 0.2) is 30.1 Å². The molecule has 0 amide bonds. The first kappa shape index (κ1) is 10.5. The largest absolute Gasteiger partial charge is 0.377 e. The zero-order chi connectivity index (χ0) is 10.3. The maximum Gasteiger partial charge on any atom is 0.0650 e. The Balaban J connectivity index is 1.60. The molecule has 82 valence electrons. The van der Waals surface area contributed by atoms with Crippen molar-refractivity contribution in [3.05, 3.63) is 35.7 Å². The number of H-pyrrole nitrogens is 1. The molecule has 15 heavy (non-hydrogen) atoms. The first-order chi connectivity index (χ1) is 7.45. The molecular weight excluding hydrogens is 188 g/mol. The highest BCUT2D eigenvalue weighted by Crippen LogP contribution is 2.10. The van der Waals surface area contributed by atoms with Gasteiger partial charge in [0.2, 0.25) is 0 Å². The Morgan fingerprint density at radius 3 is 3.20 bits per heavy atom. The van der Waals surface area contributed by atoms with Crippen LogP contribution in [-0.2, 0) is 11.3 Å². The van der Waals surface area contributed by atoms with Gasteiger partial charge >= 0.3 is 0 Å². The van der Waals surface area contributed by atoms with Crippen LogP contribution in [0.5, 0.6) is 0 Å². The number of hydrogen-bond acceptors (Lipinski definition) is 2. The van der Waals surface area contributed by atoms with Gasteiger partial charge in [0.05, 0.1) is 13.2 Å². The summed E-state index contributed by atoms with van der Waals surface area (Å²) in [6, 6.07) is 2.10. The van der Waals surface area contributed by atoms with Crippen molar-refractivity contribution >= 4 is 0 Å². The van der Waals surface area contributed by atoms with Gasteiger partial charge in [-0.25, -0.2) is 0 Å². The lowest BCUT2D eigenvalue weighted by Gasteiger charge is -2.13. The van der Waals surface area contributed by atoms with Crippen molar-refractivity contribution in [1.29, 1.82) is 0 Å². The van der Waals surface area contributed by atoms with Gasteiger partial charge in [-0.15, -0.1) is 0 Å². The van der Waals surface area contributed by atoms with Gasteiger partial charge in [-0.05, 0) is 31.0 Å². The molecule has 0 atom stereocenters. The highest BCUT2D eigenvalue weighted by molar-refractivity contribution is 5.08. The molecule has 0 fully saturated rings. The first-order valence-electron chi connectivity index (χ1n) is 5.53. The normalized spacial score (nSPS) is 16.4. The van der Waals surface area contributed by atoms with E-state index in [2.05, 4.69) is 22.4 Å². The third kappa shape index (κ3) is 3.53. The van der Waals surface area contributed by atoms with Crippen molar-refractivity contribution in [3.63, 3.8) is 0 Å². The Hall–Kier alpha value is -1.06. The molecule has 1 aromatic rings. The Kier molecular flexibility index (Phi) is 4.00. The third-order valence-corrected chi connectivity index (χ3v) is 2.67. The van der Waals surface area contributed by atoms with Gasteiger partial charge in [-0.1, -0.05) is 11.6 Å². The van der Waals surface area contributed by atoms with Gasteiger partial charge in [0, 0.05) is 18.9 Å². The first-order valence-corrected chi connectivity index (χ1v) is 5.53. The van der Waals surface area contributed by atoms with Crippen molar-refractivity contribution < 1.29 is 4.74 Å². The number of hydrogen-bond donors (Lipinski definition) is 2. The summed E-state index contributed by atoms with van der Waals surface area (Å²) >= 11 is 0. The van der Waals surface area contributed by atoms with Gasteiger partial charge in [0.15, 0.2) is 0 Å². The van der Waals surface area contributed by atoms with Crippen molar-refractivity contribution in [3.8, 4) is 0 Å². The van der Waals surface area contributed by atoms with E-state index in [0.717, 1.165) is 39.1 Å². The molecule has 0 aliphatic carbocycles. The molecule has 1 aliphatic rings. The quantitative estimate of drug-likeness (QED) is 0.570. The van der Waals surface area contributed by atoms with Crippen molar-refractivity contribution in [1.82, 2.24) is 10.3 Å². The van der Waals surface area contributed by atoms with E-state index in [-0.39, 0.29) is 0 Å². The smallest absolute Gasteiger partial charge is 0.0650 e. The summed E-state index contributed by atoms with van der Waals surface area (Å²) in [5, 5.41) is 3.43. The van der Waals surface area contributed by atoms with E-state index in [1.165, 1.54) is 11.1 Å². The molecule has 2 N–H and O–H groups in total. The highest BCUT2D eigenvalue weighted by atomic mass is 16.5. The standard InChI is InChI=1S/C12H18N2O/c1(11-3-7-15-8-4-11)5-13-9-12-2-6-14-10-12/h2-3,6,10,13-14H,1,4-5,7-9H2. The Labute approximate surface area is 90.5 Å². The van der Waals surface area contributed by atoms with Crippen LogP contribution in [0.2, 0.25) is 0 Å². The predicted molar refractivity (Wildman–Crippen MR) is 60.6 cm³/mol. The molecule has 0 spiro atoms. The molecule has 0 saturated carbocycles. The van der Waals surface area contributed by atoms with E-state index >= 15 is 0 Å². The molecule has 1 aromatic heterocycles. The maximum absolute atomic E-state index is 5.26. The number of nitrogens with one attached hydrogen (secondary N) is 2. The molecular formula is C12H18N2O. The number of ether oxygens (including phenoxy) is 1. The molecule has 3 heteroatoms. The second kappa shape index (κ2) is 5.73. The highest BCUT2D eigenvalue weighted by Gasteiger charge is 2.02. The van der Waals surface area contributed by atoms with E-state index in [9.17, 15) is 0 Å². The SMILES string of the molecule is C1=C(CCNCc2cc[nH]c2)CCOC1. The Morgan fingerprint density at radius 2 is 2.47 bits per heavy atom. The van der Waals surface area contributed by atoms with Crippen LogP contribution in [0.4, 0.5) is 0 Å². The van der Waals surface area contributed by atoms with E-state index in [1.807, 2.05) is 12.4 Å². The van der Waals surface area contributed by atoms with E-state index < -0.39 is 0 Å². The minimum atomic E-state index is 0.799. The fourth-order valence-electron chi connectivity index (χ4n) is 1.74. The number of rotatable bonds is 5. The summed E-state index contributed by atoms with van der Waals surface area (Å²) in [4.78, 5) is 3.05. The van der Waals surface area contributed by atoms with Gasteiger partial charge in [0.25, 0.3) is 0 Å². The molecule has 3 nitrogen and oxygen atoms in total. The zero-order valence-electron chi connectivity index (χ0n) is 8.96. The number of aromatic nitrogens is 1. The van der Waals surface area contributed by atoms with Crippen LogP contribution in [0.25, 0.3) is 0 Å². The molecule has 0 aromatic carbocycles. The molecule has 2 rings (SSSR count). The zero-order valence-corrected chi connectivity index (χ0v) is 8.96. The van der Waals surface area contributed by atoms with Crippen LogP contribution in [0, 0.1) is 0 Å². The van der Waals surface area contributed by atoms with Crippen LogP contribution < -0.4 is 5.32 Å². The summed E-state index contributed by atoms with van der Waals surface area (Å²) in [6.07, 6.45) is 8.44. The van der Waals surface area contributed by atoms with E-state index in [0.29, 0.717) is 0 Å². The maximum atomic E-state index is 5.26. The van der Waals surface area contributed by atoms with Gasteiger partial charge in [-0.2, -0.15) is 0 Å². The van der Waals surface area contributed by atoms with E-state index in [4.69, 9.17) is 4.74 Å². The molecule has 0 saturated heterocycles. The molecule has 1 aliphatic heterocycles. The van der Waals surface area contributed by atoms with E-state index in [1.54, 1.807) is 0 Å². The summed E-state index contributed by atoms with van der Waals surface area (Å²) in [5.74, 6) is 0. The molecule has 0 radical (unpaired) electrons. The lowest BCUT2D eigenvalue weighted by Crippen LogP contribution is -2.16. The molecule has 0 unspecified atom stereocenters. The monoisotopic (exact) mass is 206 g/mol. The summed E-state index contributed by atoms with van der Waals surface area (Å²) < 4.78 is 5.26. The number of aromatic amines is 1. The molecule has 0 bridgehead atoms. The topological polar surface area (TPSA) is 37.0 Å². The second-order valence-corrected chi connectivity index (χ2v) is 3.83. The van der Waals surface area contributed by atoms with Crippen molar-refractivity contribution in [2.45, 2.75) is 19.4 Å². The van der Waals surface area contributed by atoms with Gasteiger partial charge in [0.1, 0.15) is 0 Å². The minimum Gasteiger partial charge on any atom is -0.377 e. The Morgan fingerprint density at radius 1 is 1.47 bits per heavy atom. The predicted octanol–water partition coefficient (Wildman–Crippen LogP) is 1.84. The lowest BCUT2D eigenvalue weighted by atomic mass is 10.1. The Bertz CT molecular complexity index is 303. The minimum absolute atomic E-state index is 0.799. The van der Waals surface area contributed by atoms with Crippen LogP contribution in [-0.4, -0.2) is 24.7 Å². The lowest BCUT2D eigenvalue weighted by molar-refractivity contribution is 0.153. The van der Waals surface area contributed by atoms with Crippen molar-refractivity contribution in [2.75, 3.05) is 19.8 Å². The van der Waals surface area contributed by atoms with Gasteiger partial charge < -0.3 is 15.0 Å². The summed E-state index contributed by atoms with van der Waals surface area (Å²) in [5.41, 5.74) is 2.85. The average molecular weight is 206 g/mol. The third-order valence-electron chi connectivity index (χ3n) is 2.67.